The van der Waals surface area contributed by atoms with E-state index in [9.17, 15) is 0 Å². The van der Waals surface area contributed by atoms with Gasteiger partial charge in [0.15, 0.2) is 0 Å². The molecule has 0 bridgehead atoms. The molecule has 2 aliphatic rings. The maximum Gasteiger partial charge on any atom is 0.0717 e. The molecule has 306 valence electrons. The average molecular weight is 818 g/mol. The lowest BCUT2D eigenvalue weighted by molar-refractivity contribution is 0.128. The van der Waals surface area contributed by atoms with E-state index in [1.165, 1.54) is 109 Å². The minimum Gasteiger partial charge on any atom is -0.375 e. The molecule has 0 fully saturated rings. The summed E-state index contributed by atoms with van der Waals surface area (Å²) in [5, 5.41) is 12.6. The summed E-state index contributed by atoms with van der Waals surface area (Å²) in [7, 11) is 0. The fourth-order valence-corrected chi connectivity index (χ4v) is 10.4. The smallest absolute Gasteiger partial charge is 0.0717 e. The Morgan fingerprint density at radius 1 is 0.365 bits per heavy atom. The highest BCUT2D eigenvalue weighted by molar-refractivity contribution is 6.27. The summed E-state index contributed by atoms with van der Waals surface area (Å²) in [6.45, 7) is 3.32. The van der Waals surface area contributed by atoms with Crippen molar-refractivity contribution in [2.24, 2.45) is 11.5 Å². The van der Waals surface area contributed by atoms with Crippen LogP contribution in [-0.4, -0.2) is 26.3 Å². The summed E-state index contributed by atoms with van der Waals surface area (Å²) >= 11 is 0. The SMILES string of the molecule is NCCOCc1ccc2c(c1)Cc1cc3c4cc5c(cc4c4cc(N(c6ccccc6)c6ccc7cc8ccccc8cc7c6)ccc4c3cc1-2)-c1ccc(COCCN)cc1C5. The van der Waals surface area contributed by atoms with Crippen molar-refractivity contribution in [2.45, 2.75) is 26.1 Å². The van der Waals surface area contributed by atoms with Gasteiger partial charge in [0.05, 0.1) is 26.4 Å². The highest BCUT2D eigenvalue weighted by atomic mass is 16.5. The minimum absolute atomic E-state index is 0.524. The number of fused-ring (bicyclic) bond motifs is 14. The summed E-state index contributed by atoms with van der Waals surface area (Å²) in [6, 6.07) is 61.6. The number of rotatable bonds is 11. The second-order valence-corrected chi connectivity index (χ2v) is 17.3. The molecule has 2 aliphatic carbocycles. The number of para-hydroxylation sites is 1. The average Bonchev–Trinajstić information content (AvgIpc) is 3.86. The molecule has 10 aromatic carbocycles. The van der Waals surface area contributed by atoms with Gasteiger partial charge >= 0.3 is 0 Å². The third-order valence-electron chi connectivity index (χ3n) is 13.3. The number of nitrogens with two attached hydrogens (primary N) is 2. The number of anilines is 3. The zero-order valence-electron chi connectivity index (χ0n) is 35.2. The van der Waals surface area contributed by atoms with E-state index in [1.807, 2.05) is 0 Å². The predicted octanol–water partition coefficient (Wildman–Crippen LogP) is 13.0. The highest BCUT2D eigenvalue weighted by Crippen LogP contribution is 2.48. The predicted molar refractivity (Wildman–Crippen MR) is 263 cm³/mol. The van der Waals surface area contributed by atoms with Gasteiger partial charge in [-0.15, -0.1) is 0 Å². The van der Waals surface area contributed by atoms with E-state index < -0.39 is 0 Å². The summed E-state index contributed by atoms with van der Waals surface area (Å²) in [5.74, 6) is 0. The Bertz CT molecular complexity index is 3450. The molecule has 0 aliphatic heterocycles. The van der Waals surface area contributed by atoms with Gasteiger partial charge < -0.3 is 25.8 Å². The van der Waals surface area contributed by atoms with Crippen LogP contribution < -0.4 is 16.4 Å². The summed E-state index contributed by atoms with van der Waals surface area (Å²) in [6.07, 6.45) is 1.80. The Balaban J connectivity index is 1.06. The normalized spacial score (nSPS) is 12.7. The van der Waals surface area contributed by atoms with E-state index in [-0.39, 0.29) is 0 Å². The lowest BCUT2D eigenvalue weighted by Gasteiger charge is -2.26. The van der Waals surface area contributed by atoms with Crippen LogP contribution in [-0.2, 0) is 35.5 Å². The first-order valence-corrected chi connectivity index (χ1v) is 22.2. The Morgan fingerprint density at radius 3 is 1.48 bits per heavy atom. The van der Waals surface area contributed by atoms with E-state index in [2.05, 4.69) is 169 Å². The number of hydrogen-bond donors (Lipinski definition) is 2. The van der Waals surface area contributed by atoms with Gasteiger partial charge in [-0.05, 0) is 195 Å². The lowest BCUT2D eigenvalue weighted by atomic mass is 9.88. The molecule has 0 spiro atoms. The fraction of sp³-hybridized carbons (Fsp3) is 0.138. The van der Waals surface area contributed by atoms with E-state index in [0.29, 0.717) is 39.5 Å². The zero-order chi connectivity index (χ0) is 42.0. The molecule has 0 atom stereocenters. The van der Waals surface area contributed by atoms with Gasteiger partial charge in [-0.25, -0.2) is 0 Å². The minimum atomic E-state index is 0.524. The molecule has 5 nitrogen and oxygen atoms in total. The standard InChI is InChI=1S/C58H47N3O2/c59-18-20-62-34-36-10-15-49-42(22-36)26-44-29-54-55-30-45-27-43-23-37(35-63-21-19-60)11-16-50(43)53(45)33-58(55)56-31-48(14-17-51(56)57(54)32-52(44)49)61(46-8-2-1-3-9-46)47-13-12-40-24-38-6-4-5-7-39(38)25-41(40)28-47/h1-17,22-25,28-33H,18-21,26-27,34-35,59-60H2. The first-order valence-electron chi connectivity index (χ1n) is 22.2. The van der Waals surface area contributed by atoms with Crippen molar-refractivity contribution < 1.29 is 9.47 Å². The Hall–Kier alpha value is -6.86. The zero-order valence-corrected chi connectivity index (χ0v) is 35.2. The Kier molecular flexibility index (Phi) is 9.31. The highest BCUT2D eigenvalue weighted by Gasteiger charge is 2.25. The molecule has 4 N–H and O–H groups in total. The van der Waals surface area contributed by atoms with Gasteiger partial charge in [-0.3, -0.25) is 0 Å². The molecular weight excluding hydrogens is 771 g/mol. The molecule has 0 aromatic heterocycles. The van der Waals surface area contributed by atoms with Crippen LogP contribution in [0.15, 0.2) is 164 Å². The summed E-state index contributed by atoms with van der Waals surface area (Å²) in [4.78, 5) is 2.41. The maximum absolute atomic E-state index is 5.85. The monoisotopic (exact) mass is 817 g/mol. The van der Waals surface area contributed by atoms with Crippen LogP contribution in [0.1, 0.15) is 33.4 Å². The van der Waals surface area contributed by atoms with Crippen LogP contribution >= 0.6 is 0 Å². The molecule has 12 rings (SSSR count). The van der Waals surface area contributed by atoms with E-state index in [1.54, 1.807) is 0 Å². The van der Waals surface area contributed by atoms with Crippen LogP contribution in [0.4, 0.5) is 17.1 Å². The second kappa shape index (κ2) is 15.5. The van der Waals surface area contributed by atoms with Crippen LogP contribution in [0, 0.1) is 0 Å². The Labute approximate surface area is 367 Å². The lowest BCUT2D eigenvalue weighted by Crippen LogP contribution is -2.09. The van der Waals surface area contributed by atoms with E-state index in [0.717, 1.165) is 29.9 Å². The largest absolute Gasteiger partial charge is 0.375 e. The number of nitrogens with zero attached hydrogens (tertiary/aromatic N) is 1. The molecule has 63 heavy (non-hydrogen) atoms. The third-order valence-corrected chi connectivity index (χ3v) is 13.3. The maximum atomic E-state index is 5.85. The first kappa shape index (κ1) is 37.9. The van der Waals surface area contributed by atoms with Crippen LogP contribution in [0.2, 0.25) is 0 Å². The van der Waals surface area contributed by atoms with Gasteiger partial charge in [0.25, 0.3) is 0 Å². The van der Waals surface area contributed by atoms with E-state index in [4.69, 9.17) is 20.9 Å². The fourth-order valence-electron chi connectivity index (χ4n) is 10.4. The van der Waals surface area contributed by atoms with Gasteiger partial charge in [0, 0.05) is 30.2 Å². The molecule has 5 heteroatoms. The van der Waals surface area contributed by atoms with Gasteiger partial charge in [-0.1, -0.05) is 91.0 Å². The molecule has 0 unspecified atom stereocenters. The van der Waals surface area contributed by atoms with Crippen molar-refractivity contribution in [3.05, 3.63) is 197 Å². The third kappa shape index (κ3) is 6.55. The summed E-state index contributed by atoms with van der Waals surface area (Å²) < 4.78 is 11.7. The number of benzene rings is 10. The number of ether oxygens (including phenoxy) is 2. The second-order valence-electron chi connectivity index (χ2n) is 17.3. The summed E-state index contributed by atoms with van der Waals surface area (Å²) in [5.41, 5.74) is 27.9. The molecular formula is C58H47N3O2. The number of hydrogen-bond acceptors (Lipinski definition) is 5. The van der Waals surface area contributed by atoms with Crippen LogP contribution in [0.3, 0.4) is 0 Å². The topological polar surface area (TPSA) is 73.7 Å². The molecule has 0 radical (unpaired) electrons. The molecule has 10 aromatic rings. The molecule has 0 saturated heterocycles. The van der Waals surface area contributed by atoms with Gasteiger partial charge in [0.2, 0.25) is 0 Å². The van der Waals surface area contributed by atoms with Gasteiger partial charge in [-0.2, -0.15) is 0 Å². The van der Waals surface area contributed by atoms with Crippen LogP contribution in [0.25, 0.3) is 76.1 Å². The molecule has 0 saturated carbocycles. The van der Waals surface area contributed by atoms with E-state index >= 15 is 0 Å². The Morgan fingerprint density at radius 2 is 0.857 bits per heavy atom. The van der Waals surface area contributed by atoms with Crippen molar-refractivity contribution in [1.82, 2.24) is 0 Å². The van der Waals surface area contributed by atoms with Crippen molar-refractivity contribution in [1.29, 1.82) is 0 Å². The first-order chi connectivity index (χ1) is 31.1. The van der Waals surface area contributed by atoms with Crippen molar-refractivity contribution >= 4 is 70.9 Å². The van der Waals surface area contributed by atoms with Crippen LogP contribution in [0.5, 0.6) is 0 Å². The van der Waals surface area contributed by atoms with Crippen molar-refractivity contribution in [3.8, 4) is 22.3 Å². The van der Waals surface area contributed by atoms with Crippen molar-refractivity contribution in [2.75, 3.05) is 31.2 Å². The van der Waals surface area contributed by atoms with Gasteiger partial charge in [0.1, 0.15) is 0 Å². The quantitative estimate of drug-likeness (QED) is 0.0773. The molecule has 0 amide bonds. The van der Waals surface area contributed by atoms with Crippen molar-refractivity contribution in [3.63, 3.8) is 0 Å². The molecule has 0 heterocycles.